The van der Waals surface area contributed by atoms with E-state index in [4.69, 9.17) is 4.74 Å². The fraction of sp³-hybridized carbons (Fsp3) is 0.200. The molecule has 30 heavy (non-hydrogen) atoms. The van der Waals surface area contributed by atoms with Gasteiger partial charge in [-0.2, -0.15) is 0 Å². The summed E-state index contributed by atoms with van der Waals surface area (Å²) >= 11 is 0. The molecule has 0 saturated carbocycles. The summed E-state index contributed by atoms with van der Waals surface area (Å²) in [5, 5.41) is 2.92. The molecule has 3 aromatic rings. The molecular formula is C25H26N2O3. The van der Waals surface area contributed by atoms with Crippen molar-refractivity contribution in [3.8, 4) is 5.75 Å². The third kappa shape index (κ3) is 6.21. The summed E-state index contributed by atoms with van der Waals surface area (Å²) in [6.45, 7) is 2.35. The van der Waals surface area contributed by atoms with Crippen molar-refractivity contribution in [3.05, 3.63) is 102 Å². The van der Waals surface area contributed by atoms with Gasteiger partial charge < -0.3 is 15.0 Å². The van der Waals surface area contributed by atoms with Crippen molar-refractivity contribution in [1.29, 1.82) is 0 Å². The molecule has 2 amide bonds. The van der Waals surface area contributed by atoms with Crippen LogP contribution in [0.15, 0.2) is 91.0 Å². The topological polar surface area (TPSA) is 58.6 Å². The van der Waals surface area contributed by atoms with Crippen LogP contribution in [-0.4, -0.2) is 29.4 Å². The maximum absolute atomic E-state index is 13.0. The van der Waals surface area contributed by atoms with Crippen LogP contribution in [0.4, 0.5) is 0 Å². The molecule has 1 N–H and O–H groups in total. The number of rotatable bonds is 9. The average Bonchev–Trinajstić information content (AvgIpc) is 2.81. The Morgan fingerprint density at radius 3 is 1.97 bits per heavy atom. The lowest BCUT2D eigenvalue weighted by atomic mass is 10.1. The number of carbonyl (C=O) groups excluding carboxylic acids is 2. The monoisotopic (exact) mass is 402 g/mol. The number of para-hydroxylation sites is 1. The van der Waals surface area contributed by atoms with E-state index in [2.05, 4.69) is 5.32 Å². The summed E-state index contributed by atoms with van der Waals surface area (Å²) in [6.07, 6.45) is 0. The van der Waals surface area contributed by atoms with Gasteiger partial charge in [-0.05, 0) is 30.2 Å². The van der Waals surface area contributed by atoms with Gasteiger partial charge in [-0.1, -0.05) is 78.9 Å². The highest BCUT2D eigenvalue weighted by Crippen LogP contribution is 2.12. The molecule has 5 heteroatoms. The van der Waals surface area contributed by atoms with Gasteiger partial charge in [0.05, 0.1) is 0 Å². The van der Waals surface area contributed by atoms with Crippen molar-refractivity contribution in [2.45, 2.75) is 26.1 Å². The van der Waals surface area contributed by atoms with Crippen LogP contribution < -0.4 is 10.1 Å². The van der Waals surface area contributed by atoms with Crippen molar-refractivity contribution in [2.24, 2.45) is 0 Å². The normalized spacial score (nSPS) is 11.4. The van der Waals surface area contributed by atoms with E-state index >= 15 is 0 Å². The number of nitrogens with one attached hydrogen (secondary N) is 1. The van der Waals surface area contributed by atoms with Gasteiger partial charge in [-0.3, -0.25) is 9.59 Å². The largest absolute Gasteiger partial charge is 0.484 e. The Hall–Kier alpha value is -3.60. The first-order valence-corrected chi connectivity index (χ1v) is 9.96. The predicted molar refractivity (Wildman–Crippen MR) is 117 cm³/mol. The molecule has 0 fully saturated rings. The SMILES string of the molecule is C[C@@H](C(=O)NCc1ccccc1)N(Cc1ccccc1)C(=O)COc1ccccc1. The highest BCUT2D eigenvalue weighted by Gasteiger charge is 2.26. The molecule has 3 rings (SSSR count). The minimum atomic E-state index is -0.638. The van der Waals surface area contributed by atoms with Crippen molar-refractivity contribution >= 4 is 11.8 Å². The third-order valence-electron chi connectivity index (χ3n) is 4.78. The van der Waals surface area contributed by atoms with Gasteiger partial charge >= 0.3 is 0 Å². The Bertz CT molecular complexity index is 930. The van der Waals surface area contributed by atoms with Crippen LogP contribution in [0, 0.1) is 0 Å². The molecule has 0 aliphatic heterocycles. The highest BCUT2D eigenvalue weighted by atomic mass is 16.5. The van der Waals surface area contributed by atoms with Gasteiger partial charge in [-0.15, -0.1) is 0 Å². The smallest absolute Gasteiger partial charge is 0.261 e. The fourth-order valence-corrected chi connectivity index (χ4v) is 3.04. The highest BCUT2D eigenvalue weighted by molar-refractivity contribution is 5.87. The molecule has 1 atom stereocenters. The average molecular weight is 402 g/mol. The second-order valence-corrected chi connectivity index (χ2v) is 6.99. The van der Waals surface area contributed by atoms with E-state index in [1.807, 2.05) is 78.9 Å². The van der Waals surface area contributed by atoms with Gasteiger partial charge in [0.2, 0.25) is 5.91 Å². The minimum Gasteiger partial charge on any atom is -0.484 e. The Labute approximate surface area is 177 Å². The van der Waals surface area contributed by atoms with Crippen LogP contribution in [0.25, 0.3) is 0 Å². The number of hydrogen-bond donors (Lipinski definition) is 1. The molecule has 0 radical (unpaired) electrons. The van der Waals surface area contributed by atoms with Crippen LogP contribution >= 0.6 is 0 Å². The summed E-state index contributed by atoms with van der Waals surface area (Å²) in [5.74, 6) is 0.166. The van der Waals surface area contributed by atoms with E-state index in [9.17, 15) is 9.59 Å². The zero-order valence-corrected chi connectivity index (χ0v) is 17.0. The van der Waals surface area contributed by atoms with Gasteiger partial charge in [0.1, 0.15) is 11.8 Å². The van der Waals surface area contributed by atoms with Gasteiger partial charge in [0.25, 0.3) is 5.91 Å². The molecular weight excluding hydrogens is 376 g/mol. The van der Waals surface area contributed by atoms with E-state index in [1.54, 1.807) is 24.0 Å². The number of benzene rings is 3. The van der Waals surface area contributed by atoms with Crippen LogP contribution in [0.2, 0.25) is 0 Å². The number of nitrogens with zero attached hydrogens (tertiary/aromatic N) is 1. The number of ether oxygens (including phenoxy) is 1. The van der Waals surface area contributed by atoms with Crippen LogP contribution in [0.3, 0.4) is 0 Å². The number of hydrogen-bond acceptors (Lipinski definition) is 3. The molecule has 3 aromatic carbocycles. The molecule has 0 aliphatic carbocycles. The summed E-state index contributed by atoms with van der Waals surface area (Å²) in [7, 11) is 0. The first-order chi connectivity index (χ1) is 14.6. The van der Waals surface area contributed by atoms with Gasteiger partial charge in [-0.25, -0.2) is 0 Å². The van der Waals surface area contributed by atoms with Gasteiger partial charge in [0, 0.05) is 13.1 Å². The predicted octanol–water partition coefficient (Wildman–Crippen LogP) is 3.80. The van der Waals surface area contributed by atoms with E-state index in [1.165, 1.54) is 0 Å². The second-order valence-electron chi connectivity index (χ2n) is 6.99. The van der Waals surface area contributed by atoms with E-state index < -0.39 is 6.04 Å². The van der Waals surface area contributed by atoms with Gasteiger partial charge in [0.15, 0.2) is 6.61 Å². The minimum absolute atomic E-state index is 0.132. The maximum Gasteiger partial charge on any atom is 0.261 e. The molecule has 5 nitrogen and oxygen atoms in total. The molecule has 0 bridgehead atoms. The van der Waals surface area contributed by atoms with E-state index in [-0.39, 0.29) is 18.4 Å². The summed E-state index contributed by atoms with van der Waals surface area (Å²) < 4.78 is 5.62. The van der Waals surface area contributed by atoms with Crippen LogP contribution in [0.1, 0.15) is 18.1 Å². The lowest BCUT2D eigenvalue weighted by Crippen LogP contribution is -2.48. The summed E-state index contributed by atoms with van der Waals surface area (Å²) in [4.78, 5) is 27.3. The van der Waals surface area contributed by atoms with Crippen molar-refractivity contribution in [3.63, 3.8) is 0 Å². The second kappa shape index (κ2) is 10.8. The Morgan fingerprint density at radius 2 is 1.37 bits per heavy atom. The Kier molecular flexibility index (Phi) is 7.61. The summed E-state index contributed by atoms with van der Waals surface area (Å²) in [6, 6.07) is 27.8. The molecule has 0 aromatic heterocycles. The molecule has 154 valence electrons. The number of carbonyl (C=O) groups is 2. The fourth-order valence-electron chi connectivity index (χ4n) is 3.04. The molecule has 0 aliphatic rings. The van der Waals surface area contributed by atoms with Crippen molar-refractivity contribution < 1.29 is 14.3 Å². The zero-order chi connectivity index (χ0) is 21.2. The first-order valence-electron chi connectivity index (χ1n) is 9.96. The standard InChI is InChI=1S/C25H26N2O3/c1-20(25(29)26-17-21-11-5-2-6-12-21)27(18-22-13-7-3-8-14-22)24(28)19-30-23-15-9-4-10-16-23/h2-16,20H,17-19H2,1H3,(H,26,29)/t20-/m0/s1. The quantitative estimate of drug-likeness (QED) is 0.592. The summed E-state index contributed by atoms with van der Waals surface area (Å²) in [5.41, 5.74) is 1.96. The first kappa shape index (κ1) is 21.1. The lowest BCUT2D eigenvalue weighted by molar-refractivity contribution is -0.142. The van der Waals surface area contributed by atoms with Crippen molar-refractivity contribution in [2.75, 3.05) is 6.61 Å². The molecule has 0 saturated heterocycles. The lowest BCUT2D eigenvalue weighted by Gasteiger charge is -2.28. The van der Waals surface area contributed by atoms with Crippen molar-refractivity contribution in [1.82, 2.24) is 10.2 Å². The van der Waals surface area contributed by atoms with E-state index in [0.717, 1.165) is 11.1 Å². The van der Waals surface area contributed by atoms with Crippen LogP contribution in [0.5, 0.6) is 5.75 Å². The number of amides is 2. The van der Waals surface area contributed by atoms with E-state index in [0.29, 0.717) is 18.8 Å². The zero-order valence-electron chi connectivity index (χ0n) is 17.0. The molecule has 0 heterocycles. The molecule has 0 unspecified atom stereocenters. The maximum atomic E-state index is 13.0. The third-order valence-corrected chi connectivity index (χ3v) is 4.78. The molecule has 0 spiro atoms. The Morgan fingerprint density at radius 1 is 0.833 bits per heavy atom. The Balaban J connectivity index is 1.67. The van der Waals surface area contributed by atoms with Crippen LogP contribution in [-0.2, 0) is 22.7 Å².